The van der Waals surface area contributed by atoms with E-state index in [9.17, 15) is 0 Å². The van der Waals surface area contributed by atoms with E-state index in [0.29, 0.717) is 5.96 Å². The van der Waals surface area contributed by atoms with Crippen LogP contribution in [-0.2, 0) is 0 Å². The maximum atomic E-state index is 5.62. The number of aromatic nitrogens is 2. The minimum Gasteiger partial charge on any atom is -0.370 e. The molecule has 0 saturated heterocycles. The third-order valence-corrected chi connectivity index (χ3v) is 2.04. The number of nitrogens with zero attached hydrogens (tertiary/aromatic N) is 2. The molecule has 0 spiro atoms. The van der Waals surface area contributed by atoms with Gasteiger partial charge in [-0.05, 0) is 13.0 Å². The van der Waals surface area contributed by atoms with Crippen molar-refractivity contribution in [2.75, 3.05) is 11.9 Å². The fourth-order valence-electron chi connectivity index (χ4n) is 1.40. The average Bonchev–Trinajstić information content (AvgIpc) is 2.61. The topological polar surface area (TPSA) is 91.1 Å². The van der Waals surface area contributed by atoms with Gasteiger partial charge in [0, 0.05) is 0 Å². The van der Waals surface area contributed by atoms with Gasteiger partial charge in [-0.2, -0.15) is 0 Å². The number of anilines is 1. The monoisotopic (exact) mass is 194 g/mol. The van der Waals surface area contributed by atoms with Crippen LogP contribution in [0.25, 0.3) is 0 Å². The SMILES string of the molecule is CCCNC1N=C(N)Nc2nc[nH]c21. The molecule has 76 valence electrons. The maximum Gasteiger partial charge on any atom is 0.196 e. The van der Waals surface area contributed by atoms with Crippen LogP contribution >= 0.6 is 0 Å². The van der Waals surface area contributed by atoms with Crippen LogP contribution in [0.15, 0.2) is 11.3 Å². The van der Waals surface area contributed by atoms with Crippen molar-refractivity contribution < 1.29 is 0 Å². The van der Waals surface area contributed by atoms with Gasteiger partial charge in [-0.15, -0.1) is 0 Å². The van der Waals surface area contributed by atoms with Crippen molar-refractivity contribution in [3.8, 4) is 0 Å². The summed E-state index contributed by atoms with van der Waals surface area (Å²) in [6.07, 6.45) is 2.59. The fourth-order valence-corrected chi connectivity index (χ4v) is 1.40. The van der Waals surface area contributed by atoms with Gasteiger partial charge in [-0.1, -0.05) is 6.92 Å². The molecule has 1 unspecified atom stereocenters. The van der Waals surface area contributed by atoms with Crippen LogP contribution in [0.1, 0.15) is 25.2 Å². The second kappa shape index (κ2) is 3.67. The lowest BCUT2D eigenvalue weighted by molar-refractivity contribution is 0.539. The summed E-state index contributed by atoms with van der Waals surface area (Å²) in [4.78, 5) is 11.4. The zero-order chi connectivity index (χ0) is 9.97. The lowest BCUT2D eigenvalue weighted by atomic mass is 10.3. The zero-order valence-electron chi connectivity index (χ0n) is 8.04. The van der Waals surface area contributed by atoms with Crippen LogP contribution in [0.5, 0.6) is 0 Å². The number of nitrogens with one attached hydrogen (secondary N) is 3. The molecule has 14 heavy (non-hydrogen) atoms. The van der Waals surface area contributed by atoms with Crippen LogP contribution in [0, 0.1) is 0 Å². The Hall–Kier alpha value is -1.56. The van der Waals surface area contributed by atoms with Crippen LogP contribution in [0.3, 0.4) is 0 Å². The van der Waals surface area contributed by atoms with Crippen LogP contribution < -0.4 is 16.4 Å². The number of aromatic amines is 1. The van der Waals surface area contributed by atoms with Crippen LogP contribution in [0.2, 0.25) is 0 Å². The molecule has 6 heteroatoms. The molecule has 1 aliphatic rings. The summed E-state index contributed by atoms with van der Waals surface area (Å²) in [5.74, 6) is 1.16. The Bertz CT molecular complexity index is 341. The second-order valence-electron chi connectivity index (χ2n) is 3.16. The molecule has 2 heterocycles. The van der Waals surface area contributed by atoms with Gasteiger partial charge in [0.1, 0.15) is 6.17 Å². The molecule has 0 radical (unpaired) electrons. The van der Waals surface area contributed by atoms with Crippen molar-refractivity contribution >= 4 is 11.8 Å². The van der Waals surface area contributed by atoms with E-state index in [1.54, 1.807) is 6.33 Å². The molecular formula is C8H14N6. The van der Waals surface area contributed by atoms with E-state index in [2.05, 4.69) is 32.5 Å². The highest BCUT2D eigenvalue weighted by atomic mass is 15.3. The molecular weight excluding hydrogens is 180 g/mol. The highest BCUT2D eigenvalue weighted by Gasteiger charge is 2.21. The summed E-state index contributed by atoms with van der Waals surface area (Å²) in [5, 5.41) is 6.16. The molecule has 0 aliphatic carbocycles. The Labute approximate surface area is 82.0 Å². The first-order valence-corrected chi connectivity index (χ1v) is 4.68. The number of guanidine groups is 1. The van der Waals surface area contributed by atoms with Crippen LogP contribution in [-0.4, -0.2) is 22.5 Å². The quantitative estimate of drug-likeness (QED) is 0.551. The normalized spacial score (nSPS) is 19.8. The molecule has 2 rings (SSSR count). The summed E-state index contributed by atoms with van der Waals surface area (Å²) < 4.78 is 0. The summed E-state index contributed by atoms with van der Waals surface area (Å²) in [6.45, 7) is 3.01. The summed E-state index contributed by atoms with van der Waals surface area (Å²) in [6, 6.07) is 0. The number of hydrogen-bond acceptors (Lipinski definition) is 5. The molecule has 1 aromatic heterocycles. The molecule has 6 nitrogen and oxygen atoms in total. The lowest BCUT2D eigenvalue weighted by Gasteiger charge is -2.19. The van der Waals surface area contributed by atoms with Gasteiger partial charge in [-0.25, -0.2) is 9.98 Å². The molecule has 1 aliphatic heterocycles. The van der Waals surface area contributed by atoms with Gasteiger partial charge in [-0.3, -0.25) is 5.32 Å². The van der Waals surface area contributed by atoms with E-state index < -0.39 is 0 Å². The Morgan fingerprint density at radius 1 is 1.64 bits per heavy atom. The first-order valence-electron chi connectivity index (χ1n) is 4.68. The summed E-state index contributed by atoms with van der Waals surface area (Å²) >= 11 is 0. The first kappa shape index (κ1) is 9.01. The average molecular weight is 194 g/mol. The number of fused-ring (bicyclic) bond motifs is 1. The van der Waals surface area contributed by atoms with E-state index in [1.807, 2.05) is 0 Å². The fraction of sp³-hybridized carbons (Fsp3) is 0.500. The largest absolute Gasteiger partial charge is 0.370 e. The summed E-state index contributed by atoms with van der Waals surface area (Å²) in [7, 11) is 0. The number of hydrogen-bond donors (Lipinski definition) is 4. The zero-order valence-corrected chi connectivity index (χ0v) is 8.04. The van der Waals surface area contributed by atoms with Crippen LogP contribution in [0.4, 0.5) is 5.82 Å². The van der Waals surface area contributed by atoms with E-state index in [-0.39, 0.29) is 6.17 Å². The highest BCUT2D eigenvalue weighted by molar-refractivity contribution is 5.93. The first-order chi connectivity index (χ1) is 6.81. The van der Waals surface area contributed by atoms with Crippen molar-refractivity contribution in [3.05, 3.63) is 12.0 Å². The van der Waals surface area contributed by atoms with Gasteiger partial charge in [0.05, 0.1) is 12.0 Å². The molecule has 0 bridgehead atoms. The number of rotatable bonds is 3. The smallest absolute Gasteiger partial charge is 0.196 e. The molecule has 0 amide bonds. The lowest BCUT2D eigenvalue weighted by Crippen LogP contribution is -2.33. The minimum absolute atomic E-state index is 0.103. The predicted octanol–water partition coefficient (Wildman–Crippen LogP) is 0.148. The molecule has 0 fully saturated rings. The van der Waals surface area contributed by atoms with Crippen molar-refractivity contribution in [2.24, 2.45) is 10.7 Å². The van der Waals surface area contributed by atoms with Gasteiger partial charge in [0.25, 0.3) is 0 Å². The van der Waals surface area contributed by atoms with Crippen molar-refractivity contribution in [3.63, 3.8) is 0 Å². The highest BCUT2D eigenvalue weighted by Crippen LogP contribution is 2.23. The standard InChI is InChI=1S/C8H14N6/c1-2-3-10-6-5-7(12-4-11-5)14-8(9)13-6/h4,6,10H,2-3H2,1H3,(H,11,12)(H3,9,13,14). The molecule has 0 saturated carbocycles. The van der Waals surface area contributed by atoms with Crippen molar-refractivity contribution in [1.29, 1.82) is 0 Å². The van der Waals surface area contributed by atoms with E-state index in [0.717, 1.165) is 24.5 Å². The Morgan fingerprint density at radius 3 is 3.29 bits per heavy atom. The molecule has 0 aromatic carbocycles. The number of aliphatic imine (C=N–C) groups is 1. The minimum atomic E-state index is -0.103. The number of imidazole rings is 1. The predicted molar refractivity (Wildman–Crippen MR) is 54.9 cm³/mol. The maximum absolute atomic E-state index is 5.62. The third-order valence-electron chi connectivity index (χ3n) is 2.04. The van der Waals surface area contributed by atoms with Gasteiger partial charge in [0.15, 0.2) is 11.8 Å². The number of H-pyrrole nitrogens is 1. The molecule has 5 N–H and O–H groups in total. The van der Waals surface area contributed by atoms with Crippen molar-refractivity contribution in [1.82, 2.24) is 15.3 Å². The second-order valence-corrected chi connectivity index (χ2v) is 3.16. The Kier molecular flexibility index (Phi) is 2.36. The molecule has 1 aromatic rings. The number of nitrogens with two attached hydrogens (primary N) is 1. The Morgan fingerprint density at radius 2 is 2.50 bits per heavy atom. The van der Waals surface area contributed by atoms with Gasteiger partial charge < -0.3 is 16.0 Å². The van der Waals surface area contributed by atoms with E-state index in [1.165, 1.54) is 0 Å². The third kappa shape index (κ3) is 1.56. The van der Waals surface area contributed by atoms with Crippen molar-refractivity contribution in [2.45, 2.75) is 19.5 Å². The van der Waals surface area contributed by atoms with Gasteiger partial charge in [0.2, 0.25) is 0 Å². The van der Waals surface area contributed by atoms with E-state index in [4.69, 9.17) is 5.73 Å². The van der Waals surface area contributed by atoms with E-state index >= 15 is 0 Å². The molecule has 1 atom stereocenters. The van der Waals surface area contributed by atoms with Gasteiger partial charge >= 0.3 is 0 Å². The Balaban J connectivity index is 2.18. The summed E-state index contributed by atoms with van der Waals surface area (Å²) in [5.41, 5.74) is 6.55.